The fourth-order valence-corrected chi connectivity index (χ4v) is 2.17. The minimum Gasteiger partial charge on any atom is -0.491 e. The predicted molar refractivity (Wildman–Crippen MR) is 85.2 cm³/mol. The number of hydrogen-bond donors (Lipinski definition) is 1. The first-order chi connectivity index (χ1) is 10.1. The highest BCUT2D eigenvalue weighted by molar-refractivity contribution is 6.33. The molecule has 0 fully saturated rings. The Morgan fingerprint density at radius 2 is 1.90 bits per heavy atom. The van der Waals surface area contributed by atoms with Gasteiger partial charge in [0.2, 0.25) is 0 Å². The maximum absolute atomic E-state index is 11.9. The number of ether oxygens (including phenoxy) is 1. The van der Waals surface area contributed by atoms with E-state index in [1.54, 1.807) is 24.3 Å². The van der Waals surface area contributed by atoms with Crippen molar-refractivity contribution < 1.29 is 9.53 Å². The van der Waals surface area contributed by atoms with E-state index in [1.807, 2.05) is 32.0 Å². The molecule has 0 aliphatic heterocycles. The van der Waals surface area contributed by atoms with Crippen molar-refractivity contribution in [2.45, 2.75) is 13.8 Å². The molecule has 3 nitrogen and oxygen atoms in total. The zero-order chi connectivity index (χ0) is 15.2. The standard InChI is InChI=1S/C17H18ClNO2/c1-12-6-5-9-16(13(12)2)21-11-10-19-17(20)14-7-3-4-8-15(14)18/h3-9H,10-11H2,1-2H3,(H,19,20). The molecule has 0 aliphatic carbocycles. The third-order valence-corrected chi connectivity index (χ3v) is 3.65. The van der Waals surface area contributed by atoms with E-state index in [2.05, 4.69) is 5.32 Å². The lowest BCUT2D eigenvalue weighted by Gasteiger charge is -2.11. The number of benzene rings is 2. The minimum atomic E-state index is -0.190. The summed E-state index contributed by atoms with van der Waals surface area (Å²) >= 11 is 5.97. The molecule has 2 aromatic carbocycles. The van der Waals surface area contributed by atoms with Gasteiger partial charge in [-0.05, 0) is 43.2 Å². The molecular formula is C17H18ClNO2. The Labute approximate surface area is 129 Å². The lowest BCUT2D eigenvalue weighted by atomic mass is 10.1. The number of hydrogen-bond acceptors (Lipinski definition) is 2. The van der Waals surface area contributed by atoms with Crippen LogP contribution in [0.5, 0.6) is 5.75 Å². The summed E-state index contributed by atoms with van der Waals surface area (Å²) in [5.74, 6) is 0.659. The number of amides is 1. The van der Waals surface area contributed by atoms with Gasteiger partial charge in [-0.25, -0.2) is 0 Å². The highest BCUT2D eigenvalue weighted by atomic mass is 35.5. The van der Waals surface area contributed by atoms with Crippen molar-refractivity contribution >= 4 is 17.5 Å². The van der Waals surface area contributed by atoms with Gasteiger partial charge in [0.15, 0.2) is 0 Å². The van der Waals surface area contributed by atoms with Gasteiger partial charge < -0.3 is 10.1 Å². The Morgan fingerprint density at radius 1 is 1.14 bits per heavy atom. The fraction of sp³-hybridized carbons (Fsp3) is 0.235. The molecule has 0 unspecified atom stereocenters. The van der Waals surface area contributed by atoms with Gasteiger partial charge in [0, 0.05) is 0 Å². The minimum absolute atomic E-state index is 0.190. The summed E-state index contributed by atoms with van der Waals surface area (Å²) in [6, 6.07) is 12.9. The number of nitrogens with one attached hydrogen (secondary N) is 1. The summed E-state index contributed by atoms with van der Waals surface area (Å²) in [6.45, 7) is 4.91. The smallest absolute Gasteiger partial charge is 0.252 e. The van der Waals surface area contributed by atoms with Crippen LogP contribution >= 0.6 is 11.6 Å². The highest BCUT2D eigenvalue weighted by Crippen LogP contribution is 2.20. The number of carbonyl (C=O) groups is 1. The summed E-state index contributed by atoms with van der Waals surface area (Å²) in [6.07, 6.45) is 0. The van der Waals surface area contributed by atoms with Crippen LogP contribution in [0.4, 0.5) is 0 Å². The molecular weight excluding hydrogens is 286 g/mol. The molecule has 0 heterocycles. The first kappa shape index (κ1) is 15.4. The van der Waals surface area contributed by atoms with Crippen molar-refractivity contribution in [3.05, 3.63) is 64.2 Å². The maximum atomic E-state index is 11.9. The molecule has 1 amide bonds. The Hall–Kier alpha value is -2.00. The molecule has 110 valence electrons. The Morgan fingerprint density at radius 3 is 2.67 bits per heavy atom. The van der Waals surface area contributed by atoms with E-state index in [-0.39, 0.29) is 5.91 Å². The van der Waals surface area contributed by atoms with Crippen LogP contribution in [0.25, 0.3) is 0 Å². The van der Waals surface area contributed by atoms with Crippen LogP contribution in [0.3, 0.4) is 0 Å². The number of carbonyl (C=O) groups excluding carboxylic acids is 1. The van der Waals surface area contributed by atoms with Gasteiger partial charge in [-0.15, -0.1) is 0 Å². The summed E-state index contributed by atoms with van der Waals surface area (Å²) in [5.41, 5.74) is 2.79. The quantitative estimate of drug-likeness (QED) is 0.854. The summed E-state index contributed by atoms with van der Waals surface area (Å²) in [5, 5.41) is 3.25. The summed E-state index contributed by atoms with van der Waals surface area (Å²) in [7, 11) is 0. The van der Waals surface area contributed by atoms with Crippen molar-refractivity contribution in [1.29, 1.82) is 0 Å². The van der Waals surface area contributed by atoms with Crippen LogP contribution < -0.4 is 10.1 Å². The van der Waals surface area contributed by atoms with Crippen LogP contribution in [-0.2, 0) is 0 Å². The van der Waals surface area contributed by atoms with Crippen molar-refractivity contribution in [1.82, 2.24) is 5.32 Å². The molecule has 1 N–H and O–H groups in total. The van der Waals surface area contributed by atoms with Crippen LogP contribution in [0, 0.1) is 13.8 Å². The van der Waals surface area contributed by atoms with Crippen LogP contribution in [-0.4, -0.2) is 19.1 Å². The van der Waals surface area contributed by atoms with Crippen molar-refractivity contribution in [2.75, 3.05) is 13.2 Å². The molecule has 0 saturated carbocycles. The Kier molecular flexibility index (Phi) is 5.23. The highest BCUT2D eigenvalue weighted by Gasteiger charge is 2.08. The average molecular weight is 304 g/mol. The van der Waals surface area contributed by atoms with Gasteiger partial charge in [-0.1, -0.05) is 35.9 Å². The number of rotatable bonds is 5. The van der Waals surface area contributed by atoms with Crippen molar-refractivity contribution in [3.8, 4) is 5.75 Å². The van der Waals surface area contributed by atoms with Gasteiger partial charge in [0.05, 0.1) is 17.1 Å². The molecule has 0 bridgehead atoms. The Bertz CT molecular complexity index is 640. The van der Waals surface area contributed by atoms with E-state index in [0.29, 0.717) is 23.7 Å². The second-order valence-electron chi connectivity index (χ2n) is 4.78. The average Bonchev–Trinajstić information content (AvgIpc) is 2.48. The van der Waals surface area contributed by atoms with E-state index in [1.165, 1.54) is 5.56 Å². The molecule has 0 atom stereocenters. The van der Waals surface area contributed by atoms with Gasteiger partial charge >= 0.3 is 0 Å². The van der Waals surface area contributed by atoms with Crippen molar-refractivity contribution in [2.24, 2.45) is 0 Å². The fourth-order valence-electron chi connectivity index (χ4n) is 1.95. The zero-order valence-electron chi connectivity index (χ0n) is 12.2. The van der Waals surface area contributed by atoms with E-state index in [9.17, 15) is 4.79 Å². The van der Waals surface area contributed by atoms with Gasteiger partial charge in [0.1, 0.15) is 12.4 Å². The predicted octanol–water partition coefficient (Wildman–Crippen LogP) is 3.77. The SMILES string of the molecule is Cc1cccc(OCCNC(=O)c2ccccc2Cl)c1C. The first-order valence-electron chi connectivity index (χ1n) is 6.81. The molecule has 2 aromatic rings. The molecule has 0 aliphatic rings. The van der Waals surface area contributed by atoms with E-state index < -0.39 is 0 Å². The lowest BCUT2D eigenvalue weighted by molar-refractivity contribution is 0.0947. The third-order valence-electron chi connectivity index (χ3n) is 3.32. The Balaban J connectivity index is 1.84. The molecule has 0 radical (unpaired) electrons. The van der Waals surface area contributed by atoms with E-state index in [0.717, 1.165) is 11.3 Å². The molecule has 4 heteroatoms. The van der Waals surface area contributed by atoms with Crippen LogP contribution in [0.2, 0.25) is 5.02 Å². The van der Waals surface area contributed by atoms with Gasteiger partial charge in [0.25, 0.3) is 5.91 Å². The second kappa shape index (κ2) is 7.14. The van der Waals surface area contributed by atoms with Crippen LogP contribution in [0.15, 0.2) is 42.5 Å². The first-order valence-corrected chi connectivity index (χ1v) is 7.19. The topological polar surface area (TPSA) is 38.3 Å². The molecule has 0 spiro atoms. The monoisotopic (exact) mass is 303 g/mol. The molecule has 0 saturated heterocycles. The zero-order valence-corrected chi connectivity index (χ0v) is 12.9. The third kappa shape index (κ3) is 3.99. The maximum Gasteiger partial charge on any atom is 0.252 e. The molecule has 2 rings (SSSR count). The molecule has 0 aromatic heterocycles. The molecule has 21 heavy (non-hydrogen) atoms. The summed E-state index contributed by atoms with van der Waals surface area (Å²) < 4.78 is 5.69. The van der Waals surface area contributed by atoms with E-state index in [4.69, 9.17) is 16.3 Å². The van der Waals surface area contributed by atoms with Gasteiger partial charge in [-0.3, -0.25) is 4.79 Å². The number of halogens is 1. The largest absolute Gasteiger partial charge is 0.491 e. The lowest BCUT2D eigenvalue weighted by Crippen LogP contribution is -2.28. The van der Waals surface area contributed by atoms with Gasteiger partial charge in [-0.2, -0.15) is 0 Å². The summed E-state index contributed by atoms with van der Waals surface area (Å²) in [4.78, 5) is 11.9. The van der Waals surface area contributed by atoms with E-state index >= 15 is 0 Å². The number of aryl methyl sites for hydroxylation is 1. The van der Waals surface area contributed by atoms with Crippen molar-refractivity contribution in [3.63, 3.8) is 0 Å². The van der Waals surface area contributed by atoms with Crippen LogP contribution in [0.1, 0.15) is 21.5 Å². The normalized spacial score (nSPS) is 10.2. The second-order valence-corrected chi connectivity index (χ2v) is 5.19.